The van der Waals surface area contributed by atoms with Gasteiger partial charge in [0.05, 0.1) is 44.9 Å². The van der Waals surface area contributed by atoms with Gasteiger partial charge in [-0.25, -0.2) is 9.98 Å². The number of Topliss-reactive ketones (excluding diaryl/α,β-unsaturated/α-hetero) is 2. The van der Waals surface area contributed by atoms with Crippen LogP contribution in [0.15, 0.2) is 86.2 Å². The molecule has 0 fully saturated rings. The number of carbonyl (C=O) groups excluding carboxylic acids is 4. The molecule has 0 spiro atoms. The van der Waals surface area contributed by atoms with Crippen LogP contribution in [0.2, 0.25) is 5.02 Å². The van der Waals surface area contributed by atoms with Crippen molar-refractivity contribution in [3.05, 3.63) is 92.3 Å². The van der Waals surface area contributed by atoms with Crippen LogP contribution in [0.3, 0.4) is 0 Å². The molecule has 0 radical (unpaired) electrons. The summed E-state index contributed by atoms with van der Waals surface area (Å²) in [5, 5.41) is 8.97. The highest BCUT2D eigenvalue weighted by molar-refractivity contribution is 6.33. The van der Waals surface area contributed by atoms with E-state index in [0.29, 0.717) is 55.8 Å². The average molecular weight is 671 g/mol. The summed E-state index contributed by atoms with van der Waals surface area (Å²) in [5.41, 5.74) is 9.71. The third kappa shape index (κ3) is 8.83. The van der Waals surface area contributed by atoms with Gasteiger partial charge in [0.15, 0.2) is 11.6 Å². The fourth-order valence-electron chi connectivity index (χ4n) is 5.14. The van der Waals surface area contributed by atoms with E-state index in [-0.39, 0.29) is 23.4 Å². The zero-order valence-corrected chi connectivity index (χ0v) is 30.1. The van der Waals surface area contributed by atoms with E-state index in [4.69, 9.17) is 16.6 Å². The number of halogens is 1. The monoisotopic (exact) mass is 670 g/mol. The molecule has 0 unspecified atom stereocenters. The van der Waals surface area contributed by atoms with E-state index in [2.05, 4.69) is 33.1 Å². The number of carbonyl (C=O) groups is 4. The van der Waals surface area contributed by atoms with Crippen molar-refractivity contribution in [1.29, 1.82) is 0 Å². The van der Waals surface area contributed by atoms with Crippen molar-refractivity contribution in [3.63, 3.8) is 0 Å². The zero-order chi connectivity index (χ0) is 36.0. The van der Waals surface area contributed by atoms with Crippen LogP contribution in [0, 0.1) is 13.8 Å². The summed E-state index contributed by atoms with van der Waals surface area (Å²) in [6.07, 6.45) is 3.40. The van der Waals surface area contributed by atoms with Gasteiger partial charge in [-0.1, -0.05) is 11.6 Å². The maximum absolute atomic E-state index is 12.2. The number of anilines is 2. The Balaban J connectivity index is 0.000000261. The minimum absolute atomic E-state index is 0.0703. The molecule has 0 saturated heterocycles. The molecule has 252 valence electrons. The molecule has 0 aromatic heterocycles. The molecule has 10 nitrogen and oxygen atoms in total. The Labute approximate surface area is 287 Å². The number of amides is 2. The fraction of sp³-hybridized carbons (Fsp3) is 0.297. The van der Waals surface area contributed by atoms with Gasteiger partial charge in [0.2, 0.25) is 11.8 Å². The lowest BCUT2D eigenvalue weighted by molar-refractivity contribution is -0.119. The second-order valence-electron chi connectivity index (χ2n) is 11.9. The van der Waals surface area contributed by atoms with Gasteiger partial charge in [-0.05, 0) is 106 Å². The van der Waals surface area contributed by atoms with Crippen LogP contribution in [-0.4, -0.2) is 55.9 Å². The normalized spacial score (nSPS) is 16.3. The lowest BCUT2D eigenvalue weighted by Gasteiger charge is -2.20. The van der Waals surface area contributed by atoms with Crippen molar-refractivity contribution in [1.82, 2.24) is 10.6 Å². The van der Waals surface area contributed by atoms with E-state index in [9.17, 15) is 19.2 Å². The number of nitrogens with one attached hydrogen (secondary N) is 3. The fourth-order valence-corrected chi connectivity index (χ4v) is 5.41. The summed E-state index contributed by atoms with van der Waals surface area (Å²) in [4.78, 5) is 58.7. The molecule has 0 bridgehead atoms. The number of allylic oxidation sites excluding steroid dienone is 6. The van der Waals surface area contributed by atoms with Gasteiger partial charge in [0.1, 0.15) is 0 Å². The minimum Gasteiger partial charge on any atom is -0.387 e. The van der Waals surface area contributed by atoms with E-state index in [1.807, 2.05) is 45.0 Å². The smallest absolute Gasteiger partial charge is 0.221 e. The Morgan fingerprint density at radius 3 is 1.58 bits per heavy atom. The molecule has 2 aliphatic carbocycles. The van der Waals surface area contributed by atoms with Crippen LogP contribution >= 0.6 is 11.6 Å². The number of aryl methyl sites for hydroxylation is 2. The first kappa shape index (κ1) is 37.4. The van der Waals surface area contributed by atoms with Gasteiger partial charge in [0.25, 0.3) is 0 Å². The standard InChI is InChI=1S/C20H25N3O2.C17H18ClN3O2/c1-11-8-16(23(6)7)9-12(2)18(11)22-17-10-13(3)20(25)14(4)19(17)21-15(5)24;1-9-7-15(16(20-11(3)22)10(2)17(9)23)21-12-5-6-14(19-4)13(18)8-12/h8-10H,1-7H3,(H,21,24);5-8,19H,1-4H3,(H,20,22). The Hall–Kier alpha value is -5.09. The summed E-state index contributed by atoms with van der Waals surface area (Å²) in [6.45, 7) is 13.7. The highest BCUT2D eigenvalue weighted by Crippen LogP contribution is 2.31. The predicted molar refractivity (Wildman–Crippen MR) is 196 cm³/mol. The van der Waals surface area contributed by atoms with Gasteiger partial charge in [-0.2, -0.15) is 0 Å². The molecule has 0 atom stereocenters. The first-order valence-electron chi connectivity index (χ1n) is 15.3. The third-order valence-corrected chi connectivity index (χ3v) is 7.98. The van der Waals surface area contributed by atoms with Crippen LogP contribution in [0.25, 0.3) is 0 Å². The maximum Gasteiger partial charge on any atom is 0.221 e. The number of benzene rings is 2. The molecular formula is C37H43ClN6O4. The molecule has 3 N–H and O–H groups in total. The second kappa shape index (κ2) is 15.7. The lowest BCUT2D eigenvalue weighted by atomic mass is 9.94. The van der Waals surface area contributed by atoms with Crippen LogP contribution < -0.4 is 20.9 Å². The van der Waals surface area contributed by atoms with Gasteiger partial charge < -0.3 is 20.9 Å². The van der Waals surface area contributed by atoms with Crippen molar-refractivity contribution in [2.45, 2.75) is 55.4 Å². The number of hydrogen-bond donors (Lipinski definition) is 3. The number of aliphatic imine (C=N–C) groups is 2. The van der Waals surface area contributed by atoms with Gasteiger partial charge in [-0.3, -0.25) is 19.2 Å². The number of ketones is 2. The Bertz CT molecular complexity index is 1870. The Morgan fingerprint density at radius 1 is 0.729 bits per heavy atom. The average Bonchev–Trinajstić information content (AvgIpc) is 3.00. The Kier molecular flexibility index (Phi) is 12.2. The van der Waals surface area contributed by atoms with Crippen LogP contribution in [0.1, 0.15) is 52.7 Å². The minimum atomic E-state index is -0.253. The molecule has 0 aliphatic heterocycles. The molecule has 4 rings (SSSR count). The largest absolute Gasteiger partial charge is 0.387 e. The summed E-state index contributed by atoms with van der Waals surface area (Å²) < 4.78 is 0. The SMILES string of the molecule is CC(=O)NC1=C(C)C(=O)C(C)=CC1=Nc1c(C)cc(N(C)C)cc1C.CNc1ccc(N=C2C=C(C)C(=O)C(C)=C2NC(C)=O)cc1Cl. The lowest BCUT2D eigenvalue weighted by Crippen LogP contribution is -2.30. The number of hydrogen-bond acceptors (Lipinski definition) is 8. The van der Waals surface area contributed by atoms with Crippen molar-refractivity contribution in [3.8, 4) is 0 Å². The van der Waals surface area contributed by atoms with Crippen molar-refractivity contribution in [2.24, 2.45) is 9.98 Å². The summed E-state index contributed by atoms with van der Waals surface area (Å²) in [7, 11) is 5.78. The van der Waals surface area contributed by atoms with E-state index in [0.717, 1.165) is 28.2 Å². The molecule has 2 aromatic rings. The van der Waals surface area contributed by atoms with Crippen molar-refractivity contribution in [2.75, 3.05) is 31.4 Å². The summed E-state index contributed by atoms with van der Waals surface area (Å²) in [6, 6.07) is 9.50. The molecule has 0 heterocycles. The van der Waals surface area contributed by atoms with E-state index in [1.54, 1.807) is 53.0 Å². The third-order valence-electron chi connectivity index (χ3n) is 7.66. The molecule has 11 heteroatoms. The molecular weight excluding hydrogens is 628 g/mol. The summed E-state index contributed by atoms with van der Waals surface area (Å²) >= 11 is 6.17. The summed E-state index contributed by atoms with van der Waals surface area (Å²) in [5.74, 6) is -0.647. The highest BCUT2D eigenvalue weighted by Gasteiger charge is 2.24. The number of rotatable bonds is 6. The van der Waals surface area contributed by atoms with Crippen LogP contribution in [0.4, 0.5) is 22.7 Å². The van der Waals surface area contributed by atoms with Crippen molar-refractivity contribution < 1.29 is 19.2 Å². The molecule has 2 amide bonds. The quantitative estimate of drug-likeness (QED) is 0.291. The number of nitrogens with zero attached hydrogens (tertiary/aromatic N) is 3. The maximum atomic E-state index is 12.2. The zero-order valence-electron chi connectivity index (χ0n) is 29.4. The van der Waals surface area contributed by atoms with Crippen LogP contribution in [-0.2, 0) is 19.2 Å². The van der Waals surface area contributed by atoms with E-state index in [1.165, 1.54) is 13.8 Å². The van der Waals surface area contributed by atoms with Gasteiger partial charge in [-0.15, -0.1) is 0 Å². The topological polar surface area (TPSA) is 132 Å². The second-order valence-corrected chi connectivity index (χ2v) is 12.3. The van der Waals surface area contributed by atoms with Gasteiger partial charge in [0, 0.05) is 51.8 Å². The molecule has 48 heavy (non-hydrogen) atoms. The van der Waals surface area contributed by atoms with Crippen molar-refractivity contribution >= 4 is 69.2 Å². The predicted octanol–water partition coefficient (Wildman–Crippen LogP) is 6.77. The highest BCUT2D eigenvalue weighted by atomic mass is 35.5. The first-order chi connectivity index (χ1) is 22.4. The van der Waals surface area contributed by atoms with E-state index >= 15 is 0 Å². The molecule has 2 aromatic carbocycles. The molecule has 0 saturated carbocycles. The van der Waals surface area contributed by atoms with Crippen LogP contribution in [0.5, 0.6) is 0 Å². The van der Waals surface area contributed by atoms with Gasteiger partial charge >= 0.3 is 0 Å². The molecule has 2 aliphatic rings. The first-order valence-corrected chi connectivity index (χ1v) is 15.7. The Morgan fingerprint density at radius 2 is 1.19 bits per heavy atom. The van der Waals surface area contributed by atoms with E-state index < -0.39 is 0 Å².